The molecule has 0 aromatic heterocycles. The Morgan fingerprint density at radius 2 is 2.41 bits per heavy atom. The monoisotopic (exact) mass is 234 g/mol. The summed E-state index contributed by atoms with van der Waals surface area (Å²) in [6, 6.07) is 7.85. The maximum atomic E-state index is 11.4. The third kappa shape index (κ3) is 3.05. The predicted octanol–water partition coefficient (Wildman–Crippen LogP) is 1.01. The van der Waals surface area contributed by atoms with Gasteiger partial charge in [0.15, 0.2) is 0 Å². The Morgan fingerprint density at radius 1 is 1.59 bits per heavy atom. The van der Waals surface area contributed by atoms with Crippen LogP contribution in [0, 0.1) is 0 Å². The van der Waals surface area contributed by atoms with Gasteiger partial charge in [-0.15, -0.1) is 0 Å². The topological polar surface area (TPSA) is 55.6 Å². The molecule has 92 valence electrons. The first kappa shape index (κ1) is 12.1. The SMILES string of the molecule is COC(=O)c1cccc(CN2CC[C@H](N)C2)c1. The van der Waals surface area contributed by atoms with Crippen LogP contribution in [0.1, 0.15) is 22.3 Å². The Balaban J connectivity index is 2.03. The zero-order chi connectivity index (χ0) is 12.3. The molecule has 0 saturated carbocycles. The third-order valence-corrected chi connectivity index (χ3v) is 3.06. The number of likely N-dealkylation sites (tertiary alicyclic amines) is 1. The smallest absolute Gasteiger partial charge is 0.337 e. The number of nitrogens with zero attached hydrogens (tertiary/aromatic N) is 1. The first-order valence-electron chi connectivity index (χ1n) is 5.84. The van der Waals surface area contributed by atoms with Crippen LogP contribution in [0.15, 0.2) is 24.3 Å². The lowest BCUT2D eigenvalue weighted by Gasteiger charge is -2.15. The number of hydrogen-bond donors (Lipinski definition) is 1. The molecule has 1 atom stereocenters. The summed E-state index contributed by atoms with van der Waals surface area (Å²) < 4.78 is 4.71. The van der Waals surface area contributed by atoms with E-state index in [0.29, 0.717) is 11.6 Å². The number of ether oxygens (including phenoxy) is 1. The van der Waals surface area contributed by atoms with Gasteiger partial charge in [0, 0.05) is 25.7 Å². The molecule has 1 heterocycles. The second-order valence-electron chi connectivity index (χ2n) is 4.48. The molecule has 4 heteroatoms. The second-order valence-corrected chi connectivity index (χ2v) is 4.48. The van der Waals surface area contributed by atoms with E-state index in [1.807, 2.05) is 18.2 Å². The van der Waals surface area contributed by atoms with Crippen molar-refractivity contribution in [1.29, 1.82) is 0 Å². The predicted molar refractivity (Wildman–Crippen MR) is 65.7 cm³/mol. The molecule has 0 bridgehead atoms. The summed E-state index contributed by atoms with van der Waals surface area (Å²) in [5, 5.41) is 0. The first-order chi connectivity index (χ1) is 8.19. The molecule has 17 heavy (non-hydrogen) atoms. The Hall–Kier alpha value is -1.39. The molecule has 0 radical (unpaired) electrons. The van der Waals surface area contributed by atoms with Crippen molar-refractivity contribution in [3.8, 4) is 0 Å². The molecule has 0 spiro atoms. The van der Waals surface area contributed by atoms with E-state index in [0.717, 1.165) is 31.6 Å². The van der Waals surface area contributed by atoms with Crippen molar-refractivity contribution in [3.05, 3.63) is 35.4 Å². The summed E-state index contributed by atoms with van der Waals surface area (Å²) in [5.41, 5.74) is 7.59. The van der Waals surface area contributed by atoms with Gasteiger partial charge in [0.05, 0.1) is 12.7 Å². The minimum absolute atomic E-state index is 0.287. The lowest BCUT2D eigenvalue weighted by molar-refractivity contribution is 0.0600. The van der Waals surface area contributed by atoms with E-state index < -0.39 is 0 Å². The Labute approximate surface area is 101 Å². The largest absolute Gasteiger partial charge is 0.465 e. The van der Waals surface area contributed by atoms with Crippen molar-refractivity contribution in [2.45, 2.75) is 19.0 Å². The van der Waals surface area contributed by atoms with E-state index in [9.17, 15) is 4.79 Å². The standard InChI is InChI=1S/C13H18N2O2/c1-17-13(16)11-4-2-3-10(7-11)8-15-6-5-12(14)9-15/h2-4,7,12H,5-6,8-9,14H2,1H3/t12-/m0/s1. The molecule has 0 unspecified atom stereocenters. The van der Waals surface area contributed by atoms with Crippen molar-refractivity contribution in [2.75, 3.05) is 20.2 Å². The third-order valence-electron chi connectivity index (χ3n) is 3.06. The van der Waals surface area contributed by atoms with E-state index in [1.54, 1.807) is 6.07 Å². The molecule has 2 N–H and O–H groups in total. The summed E-state index contributed by atoms with van der Waals surface area (Å²) in [6.07, 6.45) is 1.05. The molecule has 4 nitrogen and oxygen atoms in total. The molecule has 1 fully saturated rings. The van der Waals surface area contributed by atoms with Crippen molar-refractivity contribution < 1.29 is 9.53 Å². The number of methoxy groups -OCH3 is 1. The number of rotatable bonds is 3. The fraction of sp³-hybridized carbons (Fsp3) is 0.462. The minimum atomic E-state index is -0.287. The van der Waals surface area contributed by atoms with Gasteiger partial charge in [-0.3, -0.25) is 4.90 Å². The van der Waals surface area contributed by atoms with Gasteiger partial charge < -0.3 is 10.5 Å². The quantitative estimate of drug-likeness (QED) is 0.793. The van der Waals surface area contributed by atoms with Crippen LogP contribution in [-0.4, -0.2) is 37.1 Å². The van der Waals surface area contributed by atoms with E-state index in [1.165, 1.54) is 7.11 Å². The molecule has 0 aliphatic carbocycles. The van der Waals surface area contributed by atoms with Crippen LogP contribution in [0.25, 0.3) is 0 Å². The second kappa shape index (κ2) is 5.29. The molecule has 1 aromatic carbocycles. The average molecular weight is 234 g/mol. The fourth-order valence-electron chi connectivity index (χ4n) is 2.18. The van der Waals surface area contributed by atoms with Gasteiger partial charge in [0.25, 0.3) is 0 Å². The average Bonchev–Trinajstić information content (AvgIpc) is 2.74. The maximum Gasteiger partial charge on any atom is 0.337 e. The molecule has 0 amide bonds. The van der Waals surface area contributed by atoms with Crippen LogP contribution in [-0.2, 0) is 11.3 Å². The maximum absolute atomic E-state index is 11.4. The van der Waals surface area contributed by atoms with Crippen LogP contribution in [0.5, 0.6) is 0 Å². The van der Waals surface area contributed by atoms with E-state index in [2.05, 4.69) is 4.90 Å². The Morgan fingerprint density at radius 3 is 3.06 bits per heavy atom. The minimum Gasteiger partial charge on any atom is -0.465 e. The molecular formula is C13H18N2O2. The van der Waals surface area contributed by atoms with E-state index in [4.69, 9.17) is 10.5 Å². The molecular weight excluding hydrogens is 216 g/mol. The van der Waals surface area contributed by atoms with Crippen LogP contribution in [0.2, 0.25) is 0 Å². The van der Waals surface area contributed by atoms with Gasteiger partial charge >= 0.3 is 5.97 Å². The summed E-state index contributed by atoms with van der Waals surface area (Å²) in [6.45, 7) is 2.81. The van der Waals surface area contributed by atoms with Crippen LogP contribution < -0.4 is 5.73 Å². The van der Waals surface area contributed by atoms with Crippen LogP contribution >= 0.6 is 0 Å². The summed E-state index contributed by atoms with van der Waals surface area (Å²) in [7, 11) is 1.40. The highest BCUT2D eigenvalue weighted by atomic mass is 16.5. The number of nitrogens with two attached hydrogens (primary N) is 1. The molecule has 2 rings (SSSR count). The van der Waals surface area contributed by atoms with E-state index in [-0.39, 0.29) is 5.97 Å². The van der Waals surface area contributed by atoms with Crippen molar-refractivity contribution in [1.82, 2.24) is 4.90 Å². The van der Waals surface area contributed by atoms with Crippen molar-refractivity contribution in [2.24, 2.45) is 5.73 Å². The zero-order valence-corrected chi connectivity index (χ0v) is 10.1. The summed E-state index contributed by atoms with van der Waals surface area (Å²) >= 11 is 0. The van der Waals surface area contributed by atoms with Gasteiger partial charge in [-0.05, 0) is 24.1 Å². The Bertz CT molecular complexity index is 406. The first-order valence-corrected chi connectivity index (χ1v) is 5.84. The molecule has 1 aliphatic heterocycles. The van der Waals surface area contributed by atoms with Gasteiger partial charge in [-0.1, -0.05) is 12.1 Å². The number of benzene rings is 1. The lowest BCUT2D eigenvalue weighted by Crippen LogP contribution is -2.26. The van der Waals surface area contributed by atoms with Gasteiger partial charge in [-0.25, -0.2) is 4.79 Å². The van der Waals surface area contributed by atoms with Crippen molar-refractivity contribution in [3.63, 3.8) is 0 Å². The van der Waals surface area contributed by atoms with Gasteiger partial charge in [0.1, 0.15) is 0 Å². The molecule has 1 aromatic rings. The number of esters is 1. The van der Waals surface area contributed by atoms with Crippen molar-refractivity contribution >= 4 is 5.97 Å². The van der Waals surface area contributed by atoms with E-state index >= 15 is 0 Å². The Kier molecular flexibility index (Phi) is 3.76. The van der Waals surface area contributed by atoms with Gasteiger partial charge in [-0.2, -0.15) is 0 Å². The highest BCUT2D eigenvalue weighted by Gasteiger charge is 2.19. The number of carbonyl (C=O) groups excluding carboxylic acids is 1. The lowest BCUT2D eigenvalue weighted by atomic mass is 10.1. The fourth-order valence-corrected chi connectivity index (χ4v) is 2.18. The summed E-state index contributed by atoms with van der Waals surface area (Å²) in [4.78, 5) is 13.7. The zero-order valence-electron chi connectivity index (χ0n) is 10.1. The van der Waals surface area contributed by atoms with Gasteiger partial charge in [0.2, 0.25) is 0 Å². The molecule has 1 saturated heterocycles. The molecule has 1 aliphatic rings. The number of carbonyl (C=O) groups is 1. The highest BCUT2D eigenvalue weighted by molar-refractivity contribution is 5.89. The number of hydrogen-bond acceptors (Lipinski definition) is 4. The van der Waals surface area contributed by atoms with Crippen LogP contribution in [0.3, 0.4) is 0 Å². The summed E-state index contributed by atoms with van der Waals surface area (Å²) in [5.74, 6) is -0.287. The highest BCUT2D eigenvalue weighted by Crippen LogP contribution is 2.13. The normalized spacial score (nSPS) is 20.5. The van der Waals surface area contributed by atoms with Crippen LogP contribution in [0.4, 0.5) is 0 Å².